The molecular formula is C28H44O2. The molecule has 7 atom stereocenters. The minimum absolute atomic E-state index is 0.385. The first-order chi connectivity index (χ1) is 14.1. The normalized spacial score (nSPS) is 39.8. The predicted molar refractivity (Wildman–Crippen MR) is 127 cm³/mol. The van der Waals surface area contributed by atoms with E-state index in [0.717, 1.165) is 17.1 Å². The van der Waals surface area contributed by atoms with Gasteiger partial charge >= 0.3 is 0 Å². The smallest absolute Gasteiger partial charge is 0.0811 e. The lowest BCUT2D eigenvalue weighted by atomic mass is 9.61. The van der Waals surface area contributed by atoms with E-state index in [2.05, 4.69) is 65.5 Å². The van der Waals surface area contributed by atoms with Gasteiger partial charge in [-0.05, 0) is 84.7 Å². The van der Waals surface area contributed by atoms with Crippen LogP contribution in [-0.2, 0) is 0 Å². The quantitative estimate of drug-likeness (QED) is 0.499. The summed E-state index contributed by atoms with van der Waals surface area (Å²) in [6.07, 6.45) is 15.8. The van der Waals surface area contributed by atoms with E-state index in [0.29, 0.717) is 41.9 Å². The molecule has 0 amide bonds. The van der Waals surface area contributed by atoms with Crippen molar-refractivity contribution in [3.8, 4) is 0 Å². The van der Waals surface area contributed by atoms with Crippen LogP contribution < -0.4 is 0 Å². The zero-order valence-corrected chi connectivity index (χ0v) is 19.9. The Bertz CT molecular complexity index is 712. The molecule has 3 aliphatic rings. The summed E-state index contributed by atoms with van der Waals surface area (Å²) in [5.74, 6) is 3.38. The molecule has 0 bridgehead atoms. The molecule has 3 fully saturated rings. The molecule has 0 radical (unpaired) electrons. The van der Waals surface area contributed by atoms with E-state index in [1.165, 1.54) is 32.1 Å². The van der Waals surface area contributed by atoms with Crippen LogP contribution in [0.2, 0.25) is 0 Å². The molecule has 2 nitrogen and oxygen atoms in total. The van der Waals surface area contributed by atoms with Gasteiger partial charge in [0, 0.05) is 6.42 Å². The van der Waals surface area contributed by atoms with E-state index < -0.39 is 12.2 Å². The third-order valence-electron chi connectivity index (χ3n) is 8.71. The van der Waals surface area contributed by atoms with Crippen LogP contribution in [0.25, 0.3) is 0 Å². The minimum atomic E-state index is -0.605. The molecule has 3 aliphatic carbocycles. The molecule has 0 aromatic rings. The molecule has 0 saturated heterocycles. The molecule has 3 rings (SSSR count). The molecular weight excluding hydrogens is 368 g/mol. The molecule has 3 saturated carbocycles. The van der Waals surface area contributed by atoms with Crippen LogP contribution in [0.5, 0.6) is 0 Å². The zero-order valence-electron chi connectivity index (χ0n) is 19.9. The molecule has 2 heteroatoms. The first-order valence-electron chi connectivity index (χ1n) is 12.3. The molecule has 2 N–H and O–H groups in total. The zero-order chi connectivity index (χ0) is 22.1. The van der Waals surface area contributed by atoms with E-state index in [1.54, 1.807) is 5.57 Å². The Morgan fingerprint density at radius 3 is 2.50 bits per heavy atom. The number of rotatable bonds is 5. The van der Waals surface area contributed by atoms with Crippen molar-refractivity contribution in [3.05, 3.63) is 47.6 Å². The van der Waals surface area contributed by atoms with E-state index in [-0.39, 0.29) is 0 Å². The maximum absolute atomic E-state index is 10.1. The van der Waals surface area contributed by atoms with Gasteiger partial charge in [0.25, 0.3) is 0 Å². The third-order valence-corrected chi connectivity index (χ3v) is 8.71. The maximum atomic E-state index is 10.1. The molecule has 168 valence electrons. The number of aliphatic hydroxyl groups excluding tert-OH is 2. The highest BCUT2D eigenvalue weighted by molar-refractivity contribution is 5.38. The van der Waals surface area contributed by atoms with E-state index in [9.17, 15) is 10.2 Å². The number of aliphatic hydroxyl groups is 2. The summed E-state index contributed by atoms with van der Waals surface area (Å²) >= 11 is 0. The molecule has 2 unspecified atom stereocenters. The van der Waals surface area contributed by atoms with Crippen LogP contribution >= 0.6 is 0 Å². The van der Waals surface area contributed by atoms with Crippen molar-refractivity contribution in [2.75, 3.05) is 0 Å². The number of allylic oxidation sites excluding steroid dienone is 5. The summed E-state index contributed by atoms with van der Waals surface area (Å²) in [4.78, 5) is 0. The molecule has 0 aromatic carbocycles. The Kier molecular flexibility index (Phi) is 7.51. The van der Waals surface area contributed by atoms with Gasteiger partial charge in [0.05, 0.1) is 12.2 Å². The number of fused-ring (bicyclic) bond motifs is 1. The van der Waals surface area contributed by atoms with Gasteiger partial charge in [-0.25, -0.2) is 0 Å². The van der Waals surface area contributed by atoms with Gasteiger partial charge in [-0.2, -0.15) is 0 Å². The van der Waals surface area contributed by atoms with Gasteiger partial charge in [-0.1, -0.05) is 71.1 Å². The molecule has 0 spiro atoms. The third kappa shape index (κ3) is 4.86. The Morgan fingerprint density at radius 2 is 1.80 bits per heavy atom. The minimum Gasteiger partial charge on any atom is -0.393 e. The van der Waals surface area contributed by atoms with Gasteiger partial charge in [0.15, 0.2) is 0 Å². The van der Waals surface area contributed by atoms with Crippen LogP contribution in [0.4, 0.5) is 0 Å². The fourth-order valence-electron chi connectivity index (χ4n) is 6.32. The van der Waals surface area contributed by atoms with Gasteiger partial charge in [0.2, 0.25) is 0 Å². The van der Waals surface area contributed by atoms with Crippen molar-refractivity contribution in [1.82, 2.24) is 0 Å². The van der Waals surface area contributed by atoms with Crippen LogP contribution in [0.3, 0.4) is 0 Å². The second kappa shape index (κ2) is 9.57. The standard InChI is InChI=1S/C28H44O2/c1-18(2)19(3)9-10-20(4)25-13-14-26-22(8-7-15-28(25,26)6)11-12-23-16-24(29)17-27(30)21(23)5/h9-12,18-20,24-27,29-30H,5,7-8,13-17H2,1-4,6H3/t19-,20+,24+,25+,26?,27?,28+/m0/s1. The summed E-state index contributed by atoms with van der Waals surface area (Å²) in [6, 6.07) is 0. The fourth-order valence-corrected chi connectivity index (χ4v) is 6.32. The Hall–Kier alpha value is -1.12. The second-order valence-electron chi connectivity index (χ2n) is 11.0. The highest BCUT2D eigenvalue weighted by Gasteiger charge is 2.50. The molecule has 0 aliphatic heterocycles. The van der Waals surface area contributed by atoms with Crippen LogP contribution in [-0.4, -0.2) is 22.4 Å². The van der Waals surface area contributed by atoms with Crippen LogP contribution in [0, 0.1) is 35.0 Å². The van der Waals surface area contributed by atoms with Crippen molar-refractivity contribution < 1.29 is 10.2 Å². The molecule has 0 aromatic heterocycles. The summed E-state index contributed by atoms with van der Waals surface area (Å²) in [5.41, 5.74) is 3.77. The van der Waals surface area contributed by atoms with E-state index in [1.807, 2.05) is 0 Å². The SMILES string of the molecule is C=C1C(=CC=C2CCC[C@@]3(C)C2CC[C@@H]3[C@H](C)C=C[C@H](C)C(C)C)C[C@@H](O)CC1O. The number of hydrogen-bond donors (Lipinski definition) is 2. The van der Waals surface area contributed by atoms with Gasteiger partial charge in [-0.15, -0.1) is 0 Å². The average molecular weight is 413 g/mol. The summed E-state index contributed by atoms with van der Waals surface area (Å²) in [5, 5.41) is 20.2. The average Bonchev–Trinajstić information content (AvgIpc) is 3.04. The predicted octanol–water partition coefficient (Wildman–Crippen LogP) is 6.61. The van der Waals surface area contributed by atoms with Crippen molar-refractivity contribution >= 4 is 0 Å². The first kappa shape index (κ1) is 23.5. The van der Waals surface area contributed by atoms with Gasteiger partial charge in [-0.3, -0.25) is 0 Å². The van der Waals surface area contributed by atoms with Crippen LogP contribution in [0.15, 0.2) is 47.6 Å². The maximum Gasteiger partial charge on any atom is 0.0811 e. The lowest BCUT2D eigenvalue weighted by Crippen LogP contribution is -2.35. The van der Waals surface area contributed by atoms with Crippen molar-refractivity contribution in [3.63, 3.8) is 0 Å². The van der Waals surface area contributed by atoms with E-state index in [4.69, 9.17) is 0 Å². The summed E-state index contributed by atoms with van der Waals surface area (Å²) in [7, 11) is 0. The fraction of sp³-hybridized carbons (Fsp3) is 0.714. The lowest BCUT2D eigenvalue weighted by Gasteiger charge is -2.44. The Labute approximate surface area is 184 Å². The first-order valence-corrected chi connectivity index (χ1v) is 12.3. The van der Waals surface area contributed by atoms with Crippen molar-refractivity contribution in [2.45, 2.75) is 91.8 Å². The highest BCUT2D eigenvalue weighted by atomic mass is 16.3. The van der Waals surface area contributed by atoms with Crippen molar-refractivity contribution in [1.29, 1.82) is 0 Å². The highest BCUT2D eigenvalue weighted by Crippen LogP contribution is 2.59. The topological polar surface area (TPSA) is 40.5 Å². The second-order valence-corrected chi connectivity index (χ2v) is 11.0. The monoisotopic (exact) mass is 412 g/mol. The molecule has 0 heterocycles. The summed E-state index contributed by atoms with van der Waals surface area (Å²) < 4.78 is 0. The van der Waals surface area contributed by atoms with E-state index >= 15 is 0 Å². The van der Waals surface area contributed by atoms with Crippen LogP contribution in [0.1, 0.15) is 79.6 Å². The largest absolute Gasteiger partial charge is 0.393 e. The Balaban J connectivity index is 1.76. The van der Waals surface area contributed by atoms with Crippen molar-refractivity contribution in [2.24, 2.45) is 35.0 Å². The Morgan fingerprint density at radius 1 is 1.07 bits per heavy atom. The van der Waals surface area contributed by atoms with Gasteiger partial charge in [0.1, 0.15) is 0 Å². The van der Waals surface area contributed by atoms with Gasteiger partial charge < -0.3 is 10.2 Å². The lowest BCUT2D eigenvalue weighted by molar-refractivity contribution is 0.0862. The summed E-state index contributed by atoms with van der Waals surface area (Å²) in [6.45, 7) is 16.0. The molecule has 30 heavy (non-hydrogen) atoms. The number of hydrogen-bond acceptors (Lipinski definition) is 2.